The van der Waals surface area contributed by atoms with Crippen LogP contribution in [0.15, 0.2) is 24.3 Å². The minimum Gasteiger partial charge on any atom is -0.370 e. The van der Waals surface area contributed by atoms with Gasteiger partial charge in [-0.15, -0.1) is 0 Å². The summed E-state index contributed by atoms with van der Waals surface area (Å²) < 4.78 is 4.34. The fourth-order valence-electron chi connectivity index (χ4n) is 2.57. The zero-order chi connectivity index (χ0) is 15.5. The lowest BCUT2D eigenvalue weighted by Crippen LogP contribution is -2.30. The predicted octanol–water partition coefficient (Wildman–Crippen LogP) is 4.69. The number of para-hydroxylation sites is 2. The molecule has 1 amide bonds. The summed E-state index contributed by atoms with van der Waals surface area (Å²) in [7, 11) is 0. The molecule has 0 spiro atoms. The second-order valence-electron chi connectivity index (χ2n) is 5.14. The fourth-order valence-corrected chi connectivity index (χ4v) is 3.57. The lowest BCUT2D eigenvalue weighted by Gasteiger charge is -2.30. The van der Waals surface area contributed by atoms with Crippen LogP contribution in [0, 0.1) is 0 Å². The van der Waals surface area contributed by atoms with Crippen molar-refractivity contribution >= 4 is 52.0 Å². The number of benzene rings is 1. The summed E-state index contributed by atoms with van der Waals surface area (Å²) >= 11 is 12.9. The molecular weight excluding hydrogens is 341 g/mol. The van der Waals surface area contributed by atoms with E-state index in [0.717, 1.165) is 36.0 Å². The van der Waals surface area contributed by atoms with Gasteiger partial charge in [-0.05, 0) is 42.9 Å². The van der Waals surface area contributed by atoms with E-state index in [2.05, 4.69) is 14.6 Å². The van der Waals surface area contributed by atoms with E-state index in [1.807, 2.05) is 24.3 Å². The van der Waals surface area contributed by atoms with Crippen LogP contribution in [0.1, 0.15) is 29.8 Å². The number of nitrogens with zero attached hydrogens (tertiary/aromatic N) is 2. The molecule has 0 saturated carbocycles. The molecule has 7 heteroatoms. The monoisotopic (exact) mass is 355 g/mol. The summed E-state index contributed by atoms with van der Waals surface area (Å²) in [6.07, 6.45) is 3.61. The van der Waals surface area contributed by atoms with E-state index in [-0.39, 0.29) is 16.6 Å². The number of anilines is 2. The summed E-state index contributed by atoms with van der Waals surface area (Å²) in [5.41, 5.74) is 1.98. The molecule has 0 unspecified atom stereocenters. The second kappa shape index (κ2) is 6.86. The van der Waals surface area contributed by atoms with Crippen molar-refractivity contribution in [1.29, 1.82) is 0 Å². The zero-order valence-corrected chi connectivity index (χ0v) is 14.1. The molecule has 1 N–H and O–H groups in total. The maximum Gasteiger partial charge on any atom is 0.277 e. The Morgan fingerprint density at radius 1 is 1.18 bits per heavy atom. The van der Waals surface area contributed by atoms with Crippen LogP contribution in [-0.2, 0) is 0 Å². The van der Waals surface area contributed by atoms with Crippen LogP contribution in [0.4, 0.5) is 11.4 Å². The SMILES string of the molecule is O=C(Nc1ccccc1N1CCCCC1)c1nsc(Cl)c1Cl. The number of halogens is 2. The Bertz CT molecular complexity index is 683. The largest absolute Gasteiger partial charge is 0.370 e. The quantitative estimate of drug-likeness (QED) is 0.868. The Hall–Kier alpha value is -1.30. The van der Waals surface area contributed by atoms with Crippen molar-refractivity contribution < 1.29 is 4.79 Å². The van der Waals surface area contributed by atoms with Gasteiger partial charge in [-0.25, -0.2) is 0 Å². The van der Waals surface area contributed by atoms with Crippen molar-refractivity contribution in [2.75, 3.05) is 23.3 Å². The Labute approximate surface area is 143 Å². The van der Waals surface area contributed by atoms with E-state index in [4.69, 9.17) is 23.2 Å². The molecule has 1 aromatic heterocycles. The standard InChI is InChI=1S/C15H15Cl2N3OS/c16-12-13(19-22-14(12)17)15(21)18-10-6-2-3-7-11(10)20-8-4-1-5-9-20/h2-3,6-7H,1,4-5,8-9H2,(H,18,21). The van der Waals surface area contributed by atoms with Gasteiger partial charge in [-0.3, -0.25) is 4.79 Å². The third-order valence-electron chi connectivity index (χ3n) is 3.66. The first kappa shape index (κ1) is 15.6. The van der Waals surface area contributed by atoms with Gasteiger partial charge in [0.15, 0.2) is 5.69 Å². The number of piperidine rings is 1. The van der Waals surface area contributed by atoms with Crippen molar-refractivity contribution in [3.63, 3.8) is 0 Å². The molecule has 3 rings (SSSR count). The van der Waals surface area contributed by atoms with Crippen LogP contribution in [0.5, 0.6) is 0 Å². The third kappa shape index (κ3) is 3.21. The van der Waals surface area contributed by atoms with Crippen LogP contribution in [0.25, 0.3) is 0 Å². The van der Waals surface area contributed by atoms with Gasteiger partial charge in [0.25, 0.3) is 5.91 Å². The number of aromatic nitrogens is 1. The summed E-state index contributed by atoms with van der Waals surface area (Å²) in [6, 6.07) is 7.80. The molecule has 1 fully saturated rings. The fraction of sp³-hybridized carbons (Fsp3) is 0.333. The van der Waals surface area contributed by atoms with Gasteiger partial charge in [0.2, 0.25) is 0 Å². The molecule has 22 heavy (non-hydrogen) atoms. The number of hydrogen-bond donors (Lipinski definition) is 1. The highest BCUT2D eigenvalue weighted by Gasteiger charge is 2.20. The highest BCUT2D eigenvalue weighted by Crippen LogP contribution is 2.32. The normalized spacial score (nSPS) is 14.9. The van der Waals surface area contributed by atoms with Crippen molar-refractivity contribution in [2.24, 2.45) is 0 Å². The Morgan fingerprint density at radius 3 is 2.59 bits per heavy atom. The predicted molar refractivity (Wildman–Crippen MR) is 92.6 cm³/mol. The number of nitrogens with one attached hydrogen (secondary N) is 1. The smallest absolute Gasteiger partial charge is 0.277 e. The molecular formula is C15H15Cl2N3OS. The molecule has 0 radical (unpaired) electrons. The van der Waals surface area contributed by atoms with E-state index >= 15 is 0 Å². The number of amides is 1. The molecule has 0 atom stereocenters. The van der Waals surface area contributed by atoms with Gasteiger partial charge >= 0.3 is 0 Å². The first-order valence-electron chi connectivity index (χ1n) is 7.13. The van der Waals surface area contributed by atoms with Crippen molar-refractivity contribution in [3.8, 4) is 0 Å². The summed E-state index contributed by atoms with van der Waals surface area (Å²) in [6.45, 7) is 2.02. The number of hydrogen-bond acceptors (Lipinski definition) is 4. The lowest BCUT2D eigenvalue weighted by atomic mass is 10.1. The highest BCUT2D eigenvalue weighted by atomic mass is 35.5. The van der Waals surface area contributed by atoms with Gasteiger partial charge < -0.3 is 10.2 Å². The van der Waals surface area contributed by atoms with Crippen LogP contribution >= 0.6 is 34.7 Å². The Kier molecular flexibility index (Phi) is 4.86. The van der Waals surface area contributed by atoms with Crippen molar-refractivity contribution in [2.45, 2.75) is 19.3 Å². The minimum atomic E-state index is -0.336. The van der Waals surface area contributed by atoms with Crippen LogP contribution in [0.2, 0.25) is 9.36 Å². The van der Waals surface area contributed by atoms with Gasteiger partial charge in [0.05, 0.1) is 11.4 Å². The third-order valence-corrected chi connectivity index (χ3v) is 5.27. The summed E-state index contributed by atoms with van der Waals surface area (Å²) in [5.74, 6) is -0.336. The highest BCUT2D eigenvalue weighted by molar-refractivity contribution is 7.11. The molecule has 1 aliphatic rings. The summed E-state index contributed by atoms with van der Waals surface area (Å²) in [4.78, 5) is 14.7. The average Bonchev–Trinajstić information content (AvgIpc) is 2.88. The van der Waals surface area contributed by atoms with Gasteiger partial charge in [0, 0.05) is 13.1 Å². The lowest BCUT2D eigenvalue weighted by molar-refractivity contribution is 0.102. The maximum atomic E-state index is 12.4. The number of carbonyl (C=O) groups is 1. The number of carbonyl (C=O) groups excluding carboxylic acids is 1. The Balaban J connectivity index is 1.83. The first-order chi connectivity index (χ1) is 10.7. The topological polar surface area (TPSA) is 45.2 Å². The Morgan fingerprint density at radius 2 is 1.91 bits per heavy atom. The van der Waals surface area contributed by atoms with Gasteiger partial charge in [-0.1, -0.05) is 35.3 Å². The second-order valence-corrected chi connectivity index (χ2v) is 6.89. The van der Waals surface area contributed by atoms with Gasteiger partial charge in [0.1, 0.15) is 9.36 Å². The minimum absolute atomic E-state index is 0.171. The molecule has 4 nitrogen and oxygen atoms in total. The molecule has 2 aromatic rings. The van der Waals surface area contributed by atoms with Gasteiger partial charge in [-0.2, -0.15) is 4.37 Å². The van der Waals surface area contributed by atoms with E-state index < -0.39 is 0 Å². The van der Waals surface area contributed by atoms with Crippen LogP contribution in [-0.4, -0.2) is 23.4 Å². The average molecular weight is 356 g/mol. The van der Waals surface area contributed by atoms with E-state index in [0.29, 0.717) is 4.34 Å². The molecule has 0 aliphatic carbocycles. The van der Waals surface area contributed by atoms with E-state index in [1.54, 1.807) is 0 Å². The molecule has 2 heterocycles. The molecule has 0 bridgehead atoms. The van der Waals surface area contributed by atoms with Crippen molar-refractivity contribution in [3.05, 3.63) is 39.3 Å². The molecule has 1 aliphatic heterocycles. The summed E-state index contributed by atoms with van der Waals surface area (Å²) in [5, 5.41) is 3.11. The maximum absolute atomic E-state index is 12.4. The van der Waals surface area contributed by atoms with Crippen molar-refractivity contribution in [1.82, 2.24) is 4.37 Å². The van der Waals surface area contributed by atoms with Crippen LogP contribution in [0.3, 0.4) is 0 Å². The zero-order valence-electron chi connectivity index (χ0n) is 11.8. The van der Waals surface area contributed by atoms with E-state index in [1.165, 1.54) is 19.3 Å². The molecule has 1 saturated heterocycles. The number of rotatable bonds is 3. The van der Waals surface area contributed by atoms with E-state index in [9.17, 15) is 4.79 Å². The van der Waals surface area contributed by atoms with Crippen LogP contribution < -0.4 is 10.2 Å². The molecule has 1 aromatic carbocycles. The molecule has 116 valence electrons. The first-order valence-corrected chi connectivity index (χ1v) is 8.66.